The predicted molar refractivity (Wildman–Crippen MR) is 85.4 cm³/mol. The lowest BCUT2D eigenvalue weighted by molar-refractivity contribution is -0.121. The number of rotatable bonds is 7. The molecule has 0 aliphatic carbocycles. The zero-order valence-electron chi connectivity index (χ0n) is 11.4. The van der Waals surface area contributed by atoms with Gasteiger partial charge >= 0.3 is 0 Å². The van der Waals surface area contributed by atoms with Crippen molar-refractivity contribution in [1.82, 2.24) is 5.32 Å². The molecule has 1 amide bonds. The third-order valence-corrected chi connectivity index (χ3v) is 4.61. The van der Waals surface area contributed by atoms with Crippen LogP contribution in [0.5, 0.6) is 0 Å². The summed E-state index contributed by atoms with van der Waals surface area (Å²) in [6.45, 7) is 4.64. The number of carbonyl (C=O) groups is 1. The Labute approximate surface area is 130 Å². The first kappa shape index (κ1) is 18.7. The number of hydrogen-bond donors (Lipinski definition) is 2. The minimum Gasteiger partial charge on any atom is -0.354 e. The van der Waals surface area contributed by atoms with Gasteiger partial charge in [-0.3, -0.25) is 4.79 Å². The maximum atomic E-state index is 11.7. The van der Waals surface area contributed by atoms with Gasteiger partial charge in [-0.2, -0.15) is 0 Å². The first-order valence-corrected chi connectivity index (χ1v) is 7.53. The van der Waals surface area contributed by atoms with E-state index in [1.54, 1.807) is 11.3 Å². The van der Waals surface area contributed by atoms with E-state index < -0.39 is 0 Å². The van der Waals surface area contributed by atoms with E-state index in [1.807, 2.05) is 25.3 Å². The maximum absolute atomic E-state index is 11.7. The lowest BCUT2D eigenvalue weighted by Gasteiger charge is -2.26. The van der Waals surface area contributed by atoms with Crippen LogP contribution in [0.15, 0.2) is 11.4 Å². The Bertz CT molecular complexity index is 392. The van der Waals surface area contributed by atoms with Gasteiger partial charge in [0.05, 0.1) is 5.02 Å². The number of thiophene rings is 1. The van der Waals surface area contributed by atoms with E-state index in [0.717, 1.165) is 29.2 Å². The van der Waals surface area contributed by atoms with E-state index in [2.05, 4.69) is 5.32 Å². The third kappa shape index (κ3) is 6.61. The molecule has 0 radical (unpaired) electrons. The average Bonchev–Trinajstić information content (AvgIpc) is 2.79. The lowest BCUT2D eigenvalue weighted by Crippen LogP contribution is -2.49. The van der Waals surface area contributed by atoms with Gasteiger partial charge in [0, 0.05) is 28.8 Å². The summed E-state index contributed by atoms with van der Waals surface area (Å²) in [5.74, 6) is 0.0521. The van der Waals surface area contributed by atoms with Crippen LogP contribution in [0.4, 0.5) is 0 Å². The monoisotopic (exact) mass is 324 g/mol. The van der Waals surface area contributed by atoms with Crippen molar-refractivity contribution in [2.75, 3.05) is 6.54 Å². The van der Waals surface area contributed by atoms with Crippen LogP contribution in [0.3, 0.4) is 0 Å². The van der Waals surface area contributed by atoms with E-state index in [0.29, 0.717) is 13.0 Å². The number of carbonyl (C=O) groups excluding carboxylic acids is 1. The molecule has 3 N–H and O–H groups in total. The molecule has 0 saturated carbocycles. The minimum atomic E-state index is -0.276. The van der Waals surface area contributed by atoms with Crippen molar-refractivity contribution in [3.8, 4) is 0 Å². The van der Waals surface area contributed by atoms with Crippen LogP contribution in [-0.2, 0) is 11.2 Å². The van der Waals surface area contributed by atoms with Gasteiger partial charge in [-0.15, -0.1) is 23.7 Å². The van der Waals surface area contributed by atoms with Gasteiger partial charge in [-0.05, 0) is 25.3 Å². The van der Waals surface area contributed by atoms with Crippen LogP contribution >= 0.6 is 35.3 Å². The molecule has 0 fully saturated rings. The van der Waals surface area contributed by atoms with Gasteiger partial charge in [0.2, 0.25) is 5.91 Å². The SMILES string of the molecule is CCC(N)(CC)CNC(=O)CCc1cc(Cl)cs1.Cl. The molecule has 1 rings (SSSR count). The van der Waals surface area contributed by atoms with Crippen molar-refractivity contribution in [3.05, 3.63) is 21.3 Å². The van der Waals surface area contributed by atoms with Crippen LogP contribution in [0, 0.1) is 0 Å². The normalized spacial score (nSPS) is 10.9. The molecule has 0 bridgehead atoms. The Balaban J connectivity index is 0.00000324. The smallest absolute Gasteiger partial charge is 0.220 e. The van der Waals surface area contributed by atoms with Gasteiger partial charge in [0.25, 0.3) is 0 Å². The van der Waals surface area contributed by atoms with E-state index in [-0.39, 0.29) is 23.9 Å². The molecule has 0 aliphatic heterocycles. The topological polar surface area (TPSA) is 55.1 Å². The molecule has 0 aromatic carbocycles. The first-order chi connectivity index (χ1) is 8.49. The van der Waals surface area contributed by atoms with Gasteiger partial charge in [-0.1, -0.05) is 25.4 Å². The van der Waals surface area contributed by atoms with E-state index >= 15 is 0 Å². The lowest BCUT2D eigenvalue weighted by atomic mass is 9.94. The Morgan fingerprint density at radius 3 is 2.58 bits per heavy atom. The fourth-order valence-corrected chi connectivity index (χ4v) is 2.66. The summed E-state index contributed by atoms with van der Waals surface area (Å²) in [6, 6.07) is 1.91. The number of nitrogens with two attached hydrogens (primary N) is 1. The van der Waals surface area contributed by atoms with Gasteiger partial charge in [0.1, 0.15) is 0 Å². The second-order valence-corrected chi connectivity index (χ2v) is 6.01. The van der Waals surface area contributed by atoms with Crippen molar-refractivity contribution in [3.63, 3.8) is 0 Å². The molecule has 1 aromatic heterocycles. The van der Waals surface area contributed by atoms with Crippen molar-refractivity contribution >= 4 is 41.3 Å². The van der Waals surface area contributed by atoms with Gasteiger partial charge < -0.3 is 11.1 Å². The molecule has 0 spiro atoms. The largest absolute Gasteiger partial charge is 0.354 e. The maximum Gasteiger partial charge on any atom is 0.220 e. The average molecular weight is 325 g/mol. The molecule has 1 heterocycles. The van der Waals surface area contributed by atoms with E-state index in [4.69, 9.17) is 17.3 Å². The van der Waals surface area contributed by atoms with Crippen molar-refractivity contribution < 1.29 is 4.79 Å². The standard InChI is InChI=1S/C13H21ClN2OS.ClH/c1-3-13(15,4-2)9-16-12(17)6-5-11-7-10(14)8-18-11;/h7-8H,3-6,9,15H2,1-2H3,(H,16,17);1H. The van der Waals surface area contributed by atoms with Crippen LogP contribution in [0.2, 0.25) is 5.02 Å². The molecule has 0 saturated heterocycles. The third-order valence-electron chi connectivity index (χ3n) is 3.27. The fraction of sp³-hybridized carbons (Fsp3) is 0.615. The highest BCUT2D eigenvalue weighted by atomic mass is 35.5. The zero-order valence-corrected chi connectivity index (χ0v) is 13.8. The van der Waals surface area contributed by atoms with E-state index in [9.17, 15) is 4.79 Å². The van der Waals surface area contributed by atoms with Gasteiger partial charge in [0.15, 0.2) is 0 Å². The van der Waals surface area contributed by atoms with Gasteiger partial charge in [-0.25, -0.2) is 0 Å². The zero-order chi connectivity index (χ0) is 13.6. The first-order valence-electron chi connectivity index (χ1n) is 6.27. The number of nitrogens with one attached hydrogen (secondary N) is 1. The summed E-state index contributed by atoms with van der Waals surface area (Å²) < 4.78 is 0. The van der Waals surface area contributed by atoms with Crippen molar-refractivity contribution in [1.29, 1.82) is 0 Å². The number of amides is 1. The molecule has 1 aromatic rings. The quantitative estimate of drug-likeness (QED) is 0.807. The summed E-state index contributed by atoms with van der Waals surface area (Å²) in [6.07, 6.45) is 2.95. The molecular formula is C13H22Cl2N2OS. The van der Waals surface area contributed by atoms with Crippen molar-refractivity contribution in [2.24, 2.45) is 5.73 Å². The molecule has 3 nitrogen and oxygen atoms in total. The Morgan fingerprint density at radius 1 is 1.47 bits per heavy atom. The highest BCUT2D eigenvalue weighted by Gasteiger charge is 2.20. The van der Waals surface area contributed by atoms with Crippen LogP contribution in [-0.4, -0.2) is 18.0 Å². The molecule has 19 heavy (non-hydrogen) atoms. The van der Waals surface area contributed by atoms with Crippen LogP contribution < -0.4 is 11.1 Å². The predicted octanol–water partition coefficient (Wildman–Crippen LogP) is 3.39. The Hall–Kier alpha value is -0.290. The summed E-state index contributed by atoms with van der Waals surface area (Å²) in [4.78, 5) is 12.8. The molecule has 0 unspecified atom stereocenters. The van der Waals surface area contributed by atoms with E-state index in [1.165, 1.54) is 0 Å². The number of hydrogen-bond acceptors (Lipinski definition) is 3. The van der Waals surface area contributed by atoms with Crippen LogP contribution in [0.1, 0.15) is 38.0 Å². The second-order valence-electron chi connectivity index (χ2n) is 4.58. The summed E-state index contributed by atoms with van der Waals surface area (Å²) >= 11 is 7.42. The highest BCUT2D eigenvalue weighted by Crippen LogP contribution is 2.20. The number of aryl methyl sites for hydroxylation is 1. The molecular weight excluding hydrogens is 303 g/mol. The molecule has 110 valence electrons. The Kier molecular flexibility index (Phi) is 8.66. The second kappa shape index (κ2) is 8.80. The summed E-state index contributed by atoms with van der Waals surface area (Å²) in [5.41, 5.74) is 5.85. The molecule has 6 heteroatoms. The van der Waals surface area contributed by atoms with Crippen molar-refractivity contribution in [2.45, 2.75) is 45.1 Å². The van der Waals surface area contributed by atoms with Crippen LogP contribution in [0.25, 0.3) is 0 Å². The molecule has 0 atom stereocenters. The fourth-order valence-electron chi connectivity index (χ4n) is 1.58. The number of halogens is 2. The highest BCUT2D eigenvalue weighted by molar-refractivity contribution is 7.10. The summed E-state index contributed by atoms with van der Waals surface area (Å²) in [7, 11) is 0. The minimum absolute atomic E-state index is 0. The summed E-state index contributed by atoms with van der Waals surface area (Å²) in [5, 5.41) is 5.54. The molecule has 0 aliphatic rings. The Morgan fingerprint density at radius 2 is 2.11 bits per heavy atom.